The second-order valence-electron chi connectivity index (χ2n) is 6.42. The summed E-state index contributed by atoms with van der Waals surface area (Å²) in [6.07, 6.45) is 2.29. The van der Waals surface area contributed by atoms with Gasteiger partial charge >= 0.3 is 5.97 Å². The Labute approximate surface area is 184 Å². The van der Waals surface area contributed by atoms with Crippen LogP contribution in [0.25, 0.3) is 21.0 Å². The van der Waals surface area contributed by atoms with Crippen molar-refractivity contribution < 1.29 is 9.53 Å². The van der Waals surface area contributed by atoms with E-state index in [0.717, 1.165) is 36.6 Å². The van der Waals surface area contributed by atoms with E-state index in [1.807, 2.05) is 37.4 Å². The topological polar surface area (TPSA) is 31.2 Å². The summed E-state index contributed by atoms with van der Waals surface area (Å²) in [5, 5.41) is 5.43. The lowest BCUT2D eigenvalue weighted by molar-refractivity contribution is -0.142. The number of carbonyl (C=O) groups is 1. The molecule has 0 radical (unpaired) electrons. The summed E-state index contributed by atoms with van der Waals surface area (Å²) in [5.74, 6) is -0.216. The van der Waals surface area contributed by atoms with Gasteiger partial charge in [0, 0.05) is 28.1 Å². The van der Waals surface area contributed by atoms with Crippen LogP contribution in [0.1, 0.15) is 18.1 Å². The Bertz CT molecular complexity index is 1200. The highest BCUT2D eigenvalue weighted by atomic mass is 79.9. The maximum atomic E-state index is 12.0. The third-order valence-corrected chi connectivity index (χ3v) is 7.09. The van der Waals surface area contributed by atoms with Gasteiger partial charge in [0.25, 0.3) is 0 Å². The van der Waals surface area contributed by atoms with Gasteiger partial charge in [-0.15, -0.1) is 11.3 Å². The summed E-state index contributed by atoms with van der Waals surface area (Å²) < 4.78 is 9.28. The first-order valence-electron chi connectivity index (χ1n) is 8.75. The van der Waals surface area contributed by atoms with Crippen LogP contribution in [0.4, 0.5) is 0 Å². The maximum Gasteiger partial charge on any atom is 0.310 e. The molecule has 28 heavy (non-hydrogen) atoms. The zero-order valence-corrected chi connectivity index (χ0v) is 18.9. The first-order valence-corrected chi connectivity index (χ1v) is 11.2. The fourth-order valence-corrected chi connectivity index (χ4v) is 5.24. The molecule has 0 amide bonds. The molecule has 0 bridgehead atoms. The summed E-state index contributed by atoms with van der Waals surface area (Å²) >= 11 is 17.7. The number of thiophene rings is 1. The smallest absolute Gasteiger partial charge is 0.310 e. The Kier molecular flexibility index (Phi) is 5.70. The molecule has 2 heterocycles. The number of ether oxygens (including phenoxy) is 1. The van der Waals surface area contributed by atoms with Gasteiger partial charge in [-0.3, -0.25) is 4.79 Å². The summed E-state index contributed by atoms with van der Waals surface area (Å²) in [4.78, 5) is 12.0. The van der Waals surface area contributed by atoms with Crippen molar-refractivity contribution in [2.45, 2.75) is 19.9 Å². The molecule has 0 aliphatic rings. The van der Waals surface area contributed by atoms with Gasteiger partial charge in [-0.1, -0.05) is 51.3 Å². The zero-order valence-electron chi connectivity index (χ0n) is 15.0. The Hall–Kier alpha value is -1.53. The number of fused-ring (bicyclic) bond motifs is 2. The van der Waals surface area contributed by atoms with E-state index in [2.05, 4.69) is 31.9 Å². The molecule has 144 valence electrons. The van der Waals surface area contributed by atoms with Crippen LogP contribution in [0, 0.1) is 0 Å². The second kappa shape index (κ2) is 8.07. The average molecular weight is 497 g/mol. The molecule has 0 N–H and O–H groups in total. The predicted molar refractivity (Wildman–Crippen MR) is 121 cm³/mol. The molecule has 0 spiro atoms. The highest BCUT2D eigenvalue weighted by Gasteiger charge is 2.15. The molecular weight excluding hydrogens is 481 g/mol. The largest absolute Gasteiger partial charge is 0.466 e. The van der Waals surface area contributed by atoms with Gasteiger partial charge in [0.05, 0.1) is 27.8 Å². The van der Waals surface area contributed by atoms with Crippen LogP contribution in [0.2, 0.25) is 10.0 Å². The molecule has 0 saturated heterocycles. The van der Waals surface area contributed by atoms with E-state index in [1.165, 1.54) is 0 Å². The van der Waals surface area contributed by atoms with Gasteiger partial charge in [0.2, 0.25) is 0 Å². The van der Waals surface area contributed by atoms with Gasteiger partial charge in [0.15, 0.2) is 0 Å². The van der Waals surface area contributed by atoms with E-state index in [0.29, 0.717) is 23.2 Å². The van der Waals surface area contributed by atoms with Crippen LogP contribution in [0.5, 0.6) is 0 Å². The number of hydrogen-bond donors (Lipinski definition) is 0. The van der Waals surface area contributed by atoms with Gasteiger partial charge in [0.1, 0.15) is 0 Å². The first-order chi connectivity index (χ1) is 13.5. The highest BCUT2D eigenvalue weighted by molar-refractivity contribution is 9.10. The number of halogens is 3. The van der Waals surface area contributed by atoms with E-state index >= 15 is 0 Å². The molecule has 0 saturated carbocycles. The number of rotatable bonds is 5. The Balaban J connectivity index is 1.77. The van der Waals surface area contributed by atoms with Crippen LogP contribution >= 0.6 is 50.5 Å². The molecule has 4 aromatic rings. The molecule has 0 atom stereocenters. The van der Waals surface area contributed by atoms with Gasteiger partial charge in [-0.05, 0) is 47.0 Å². The van der Waals surface area contributed by atoms with Crippen LogP contribution < -0.4 is 0 Å². The molecule has 0 aliphatic carbocycles. The lowest BCUT2D eigenvalue weighted by atomic mass is 10.1. The average Bonchev–Trinajstić information content (AvgIpc) is 3.21. The van der Waals surface area contributed by atoms with Gasteiger partial charge < -0.3 is 9.30 Å². The third kappa shape index (κ3) is 3.69. The lowest BCUT2D eigenvalue weighted by Gasteiger charge is -2.06. The number of nitrogens with zero attached hydrogens (tertiary/aromatic N) is 1. The van der Waals surface area contributed by atoms with Gasteiger partial charge in [-0.2, -0.15) is 0 Å². The Morgan fingerprint density at radius 3 is 2.75 bits per heavy atom. The van der Waals surface area contributed by atoms with Crippen LogP contribution in [-0.2, 0) is 22.5 Å². The quantitative estimate of drug-likeness (QED) is 0.276. The molecule has 0 unspecified atom stereocenters. The summed E-state index contributed by atoms with van der Waals surface area (Å²) in [6, 6.07) is 9.94. The van der Waals surface area contributed by atoms with Crippen LogP contribution in [0.15, 0.2) is 46.4 Å². The highest BCUT2D eigenvalue weighted by Crippen LogP contribution is 2.37. The van der Waals surface area contributed by atoms with Crippen molar-refractivity contribution in [2.75, 3.05) is 6.61 Å². The number of benzene rings is 2. The van der Waals surface area contributed by atoms with E-state index in [1.54, 1.807) is 11.3 Å². The summed E-state index contributed by atoms with van der Waals surface area (Å²) in [5.41, 5.74) is 3.19. The van der Waals surface area contributed by atoms with E-state index in [-0.39, 0.29) is 12.4 Å². The number of aromatic nitrogens is 1. The normalized spacial score (nSPS) is 11.4. The number of esters is 1. The molecule has 4 rings (SSSR count). The fraction of sp³-hybridized carbons (Fsp3) is 0.190. The minimum Gasteiger partial charge on any atom is -0.466 e. The first kappa shape index (κ1) is 19.8. The molecule has 0 aliphatic heterocycles. The minimum absolute atomic E-state index is 0.216. The standard InChI is InChI=1S/C21H16BrCl2NO2S/c1-2-27-19(26)7-12-9-25(18-8-14(22)3-4-15(12)18)10-13-11-28-21-16(13)5-6-17(23)20(21)24/h3-6,8-9,11H,2,7,10H2,1H3. The molecule has 2 aromatic carbocycles. The van der Waals surface area contributed by atoms with E-state index in [9.17, 15) is 4.79 Å². The molecular formula is C21H16BrCl2NO2S. The molecule has 2 aromatic heterocycles. The molecule has 0 fully saturated rings. The van der Waals surface area contributed by atoms with Crippen molar-refractivity contribution in [3.63, 3.8) is 0 Å². The fourth-order valence-electron chi connectivity index (χ4n) is 3.38. The lowest BCUT2D eigenvalue weighted by Crippen LogP contribution is -2.07. The summed E-state index contributed by atoms with van der Waals surface area (Å²) in [7, 11) is 0. The predicted octanol–water partition coefficient (Wildman–Crippen LogP) is 7.08. The number of hydrogen-bond acceptors (Lipinski definition) is 3. The van der Waals surface area contributed by atoms with Gasteiger partial charge in [-0.25, -0.2) is 0 Å². The van der Waals surface area contributed by atoms with Crippen LogP contribution in [-0.4, -0.2) is 17.1 Å². The van der Waals surface area contributed by atoms with Crippen molar-refractivity contribution in [1.29, 1.82) is 0 Å². The van der Waals surface area contributed by atoms with Crippen molar-refractivity contribution in [3.8, 4) is 0 Å². The Morgan fingerprint density at radius 1 is 1.18 bits per heavy atom. The SMILES string of the molecule is CCOC(=O)Cc1cn(Cc2csc3c(Cl)c(Cl)ccc23)c2cc(Br)ccc12. The second-order valence-corrected chi connectivity index (χ2v) is 9.00. The zero-order chi connectivity index (χ0) is 19.8. The Morgan fingerprint density at radius 2 is 1.96 bits per heavy atom. The van der Waals surface area contributed by atoms with Crippen LogP contribution in [0.3, 0.4) is 0 Å². The van der Waals surface area contributed by atoms with Crippen molar-refractivity contribution >= 4 is 77.4 Å². The third-order valence-electron chi connectivity index (χ3n) is 4.62. The van der Waals surface area contributed by atoms with Crippen molar-refractivity contribution in [3.05, 3.63) is 67.6 Å². The minimum atomic E-state index is -0.216. The van der Waals surface area contributed by atoms with Crippen molar-refractivity contribution in [1.82, 2.24) is 4.57 Å². The summed E-state index contributed by atoms with van der Waals surface area (Å²) in [6.45, 7) is 2.87. The maximum absolute atomic E-state index is 12.0. The monoisotopic (exact) mass is 495 g/mol. The molecule has 7 heteroatoms. The molecule has 3 nitrogen and oxygen atoms in total. The number of carbonyl (C=O) groups excluding carboxylic acids is 1. The van der Waals surface area contributed by atoms with E-state index < -0.39 is 0 Å². The van der Waals surface area contributed by atoms with E-state index in [4.69, 9.17) is 27.9 Å². The van der Waals surface area contributed by atoms with Crippen molar-refractivity contribution in [2.24, 2.45) is 0 Å².